The monoisotopic (exact) mass is 212 g/mol. The lowest BCUT2D eigenvalue weighted by molar-refractivity contribution is 0.512. The zero-order valence-electron chi connectivity index (χ0n) is 9.34. The number of hydrogen-bond acceptors (Lipinski definition) is 3. The molecule has 0 aromatic carbocycles. The van der Waals surface area contributed by atoms with Crippen LogP contribution in [-0.4, -0.2) is 17.6 Å². The predicted octanol–water partition coefficient (Wildman–Crippen LogP) is 2.77. The Kier molecular flexibility index (Phi) is 5.12. The molecule has 0 saturated heterocycles. The molecule has 1 N–H and O–H groups in total. The van der Waals surface area contributed by atoms with Gasteiger partial charge in [0.25, 0.3) is 0 Å². The minimum atomic E-state index is 0.640. The summed E-state index contributed by atoms with van der Waals surface area (Å²) in [5, 5.41) is 6.83. The smallest absolute Gasteiger partial charge is 0.0928 e. The molecule has 14 heavy (non-hydrogen) atoms. The fourth-order valence-electron chi connectivity index (χ4n) is 1.53. The molecule has 2 nitrogen and oxygen atoms in total. The minimum Gasteiger partial charge on any atom is -0.315 e. The molecule has 1 heterocycles. The van der Waals surface area contributed by atoms with Gasteiger partial charge in [-0.15, -0.1) is 11.3 Å². The summed E-state index contributed by atoms with van der Waals surface area (Å²) in [6, 6.07) is 0.640. The third-order valence-corrected chi connectivity index (χ3v) is 3.27. The Bertz CT molecular complexity index is 258. The Hall–Kier alpha value is -0.410. The number of aromatic nitrogens is 1. The first-order valence-corrected chi connectivity index (χ1v) is 6.24. The predicted molar refractivity (Wildman–Crippen MR) is 62.9 cm³/mol. The van der Waals surface area contributed by atoms with Crippen molar-refractivity contribution in [3.05, 3.63) is 16.1 Å². The van der Waals surface area contributed by atoms with Gasteiger partial charge in [-0.1, -0.05) is 6.92 Å². The molecule has 0 radical (unpaired) electrons. The summed E-state index contributed by atoms with van der Waals surface area (Å²) in [5.74, 6) is 0. The second-order valence-corrected chi connectivity index (χ2v) is 4.68. The molecule has 1 rings (SSSR count). The van der Waals surface area contributed by atoms with Crippen molar-refractivity contribution in [2.45, 2.75) is 46.1 Å². The molecular weight excluding hydrogens is 192 g/mol. The average Bonchev–Trinajstić information content (AvgIpc) is 2.52. The first-order valence-electron chi connectivity index (χ1n) is 5.36. The van der Waals surface area contributed by atoms with E-state index in [1.54, 1.807) is 11.3 Å². The highest BCUT2D eigenvalue weighted by atomic mass is 32.1. The number of nitrogens with one attached hydrogen (secondary N) is 1. The molecule has 0 aliphatic carbocycles. The molecule has 80 valence electrons. The molecule has 1 aromatic heterocycles. The molecule has 1 atom stereocenters. The average molecular weight is 212 g/mol. The van der Waals surface area contributed by atoms with Gasteiger partial charge in [-0.3, -0.25) is 0 Å². The normalized spacial score (nSPS) is 13.1. The van der Waals surface area contributed by atoms with E-state index in [0.29, 0.717) is 6.04 Å². The van der Waals surface area contributed by atoms with Crippen molar-refractivity contribution in [1.29, 1.82) is 0 Å². The van der Waals surface area contributed by atoms with Crippen LogP contribution in [0.3, 0.4) is 0 Å². The Morgan fingerprint density at radius 3 is 2.93 bits per heavy atom. The van der Waals surface area contributed by atoms with Crippen LogP contribution in [0, 0.1) is 6.92 Å². The maximum Gasteiger partial charge on any atom is 0.0928 e. The second-order valence-electron chi connectivity index (χ2n) is 3.73. The van der Waals surface area contributed by atoms with E-state index in [1.165, 1.54) is 17.8 Å². The van der Waals surface area contributed by atoms with Crippen LogP contribution in [0.2, 0.25) is 0 Å². The van der Waals surface area contributed by atoms with Crippen LogP contribution < -0.4 is 5.32 Å². The third kappa shape index (κ3) is 4.20. The van der Waals surface area contributed by atoms with Crippen LogP contribution in [-0.2, 0) is 6.42 Å². The van der Waals surface area contributed by atoms with Crippen LogP contribution in [0.4, 0.5) is 0 Å². The lowest BCUT2D eigenvalue weighted by Crippen LogP contribution is -2.25. The van der Waals surface area contributed by atoms with E-state index in [2.05, 4.69) is 36.5 Å². The van der Waals surface area contributed by atoms with Gasteiger partial charge in [-0.05, 0) is 39.7 Å². The van der Waals surface area contributed by atoms with Crippen molar-refractivity contribution in [3.63, 3.8) is 0 Å². The molecule has 0 aliphatic heterocycles. The molecule has 0 amide bonds. The van der Waals surface area contributed by atoms with Gasteiger partial charge >= 0.3 is 0 Å². The van der Waals surface area contributed by atoms with E-state index in [-0.39, 0.29) is 0 Å². The topological polar surface area (TPSA) is 24.9 Å². The summed E-state index contributed by atoms with van der Waals surface area (Å²) in [6.45, 7) is 7.52. The van der Waals surface area contributed by atoms with Crippen molar-refractivity contribution >= 4 is 11.3 Å². The Morgan fingerprint density at radius 1 is 1.57 bits per heavy atom. The zero-order valence-corrected chi connectivity index (χ0v) is 10.2. The van der Waals surface area contributed by atoms with E-state index in [1.807, 2.05) is 0 Å². The first kappa shape index (κ1) is 11.7. The van der Waals surface area contributed by atoms with E-state index < -0.39 is 0 Å². The maximum absolute atomic E-state index is 4.45. The van der Waals surface area contributed by atoms with Gasteiger partial charge < -0.3 is 5.32 Å². The minimum absolute atomic E-state index is 0.640. The van der Waals surface area contributed by atoms with Gasteiger partial charge in [-0.2, -0.15) is 0 Å². The van der Waals surface area contributed by atoms with Gasteiger partial charge in [0.2, 0.25) is 0 Å². The quantitative estimate of drug-likeness (QED) is 0.784. The molecule has 0 fully saturated rings. The molecular formula is C11H20N2S. The highest BCUT2D eigenvalue weighted by molar-refractivity contribution is 7.09. The molecule has 0 bridgehead atoms. The molecule has 0 saturated carbocycles. The lowest BCUT2D eigenvalue weighted by atomic mass is 10.1. The zero-order chi connectivity index (χ0) is 10.4. The summed E-state index contributed by atoms with van der Waals surface area (Å²) in [7, 11) is 0. The van der Waals surface area contributed by atoms with E-state index in [4.69, 9.17) is 0 Å². The number of rotatable bonds is 6. The summed E-state index contributed by atoms with van der Waals surface area (Å²) >= 11 is 1.78. The van der Waals surface area contributed by atoms with Crippen LogP contribution in [0.25, 0.3) is 0 Å². The van der Waals surface area contributed by atoms with Gasteiger partial charge in [0, 0.05) is 17.1 Å². The van der Waals surface area contributed by atoms with Crippen molar-refractivity contribution in [2.24, 2.45) is 0 Å². The van der Waals surface area contributed by atoms with Gasteiger partial charge in [0.1, 0.15) is 0 Å². The maximum atomic E-state index is 4.45. The largest absolute Gasteiger partial charge is 0.315 e. The molecule has 1 aromatic rings. The van der Waals surface area contributed by atoms with Gasteiger partial charge in [0.15, 0.2) is 0 Å². The van der Waals surface area contributed by atoms with Crippen molar-refractivity contribution in [3.8, 4) is 0 Å². The summed E-state index contributed by atoms with van der Waals surface area (Å²) in [6.07, 6.45) is 3.61. The first-order chi connectivity index (χ1) is 6.72. The molecule has 0 aliphatic rings. The summed E-state index contributed by atoms with van der Waals surface area (Å²) < 4.78 is 0. The SMILES string of the molecule is CCNC(C)CCCc1nc(C)cs1. The van der Waals surface area contributed by atoms with Crippen LogP contribution >= 0.6 is 11.3 Å². The van der Waals surface area contributed by atoms with Crippen LogP contribution in [0.15, 0.2) is 5.38 Å². The molecule has 1 unspecified atom stereocenters. The van der Waals surface area contributed by atoms with E-state index in [0.717, 1.165) is 18.7 Å². The number of nitrogens with zero attached hydrogens (tertiary/aromatic N) is 1. The van der Waals surface area contributed by atoms with Crippen molar-refractivity contribution < 1.29 is 0 Å². The fourth-order valence-corrected chi connectivity index (χ4v) is 2.35. The number of aryl methyl sites for hydroxylation is 2. The fraction of sp³-hybridized carbons (Fsp3) is 0.727. The van der Waals surface area contributed by atoms with Crippen molar-refractivity contribution in [2.75, 3.05) is 6.54 Å². The van der Waals surface area contributed by atoms with Gasteiger partial charge in [0.05, 0.1) is 5.01 Å². The second kappa shape index (κ2) is 6.14. The Balaban J connectivity index is 2.15. The van der Waals surface area contributed by atoms with Gasteiger partial charge in [-0.25, -0.2) is 4.98 Å². The highest BCUT2D eigenvalue weighted by Crippen LogP contribution is 2.12. The van der Waals surface area contributed by atoms with Crippen LogP contribution in [0.5, 0.6) is 0 Å². The summed E-state index contributed by atoms with van der Waals surface area (Å²) in [4.78, 5) is 4.45. The van der Waals surface area contributed by atoms with Crippen LogP contribution in [0.1, 0.15) is 37.4 Å². The lowest BCUT2D eigenvalue weighted by Gasteiger charge is -2.10. The van der Waals surface area contributed by atoms with Crippen molar-refractivity contribution in [1.82, 2.24) is 10.3 Å². The van der Waals surface area contributed by atoms with E-state index >= 15 is 0 Å². The highest BCUT2D eigenvalue weighted by Gasteiger charge is 2.02. The summed E-state index contributed by atoms with van der Waals surface area (Å²) in [5.41, 5.74) is 1.16. The standard InChI is InChI=1S/C11H20N2S/c1-4-12-9(2)6-5-7-11-13-10(3)8-14-11/h8-9,12H,4-7H2,1-3H3. The Labute approximate surface area is 90.8 Å². The number of hydrogen-bond donors (Lipinski definition) is 1. The number of thiazole rings is 1. The molecule has 0 spiro atoms. The Morgan fingerprint density at radius 2 is 2.36 bits per heavy atom. The third-order valence-electron chi connectivity index (χ3n) is 2.25. The molecule has 3 heteroatoms. The van der Waals surface area contributed by atoms with E-state index in [9.17, 15) is 0 Å².